The Hall–Kier alpha value is -3.25. The van der Waals surface area contributed by atoms with Crippen LogP contribution >= 0.6 is 15.9 Å². The molecule has 0 spiro atoms. The number of methoxy groups -OCH3 is 1. The number of benzene rings is 3. The van der Waals surface area contributed by atoms with Gasteiger partial charge < -0.3 is 4.74 Å². The lowest BCUT2D eigenvalue weighted by Crippen LogP contribution is -2.33. The SMILES string of the molecule is COc1ccc(N2C(=O)/C(=C\c3cccc(Br)c3)N=C2c2ccccc2F)cc1. The summed E-state index contributed by atoms with van der Waals surface area (Å²) >= 11 is 3.43. The van der Waals surface area contributed by atoms with Gasteiger partial charge in [-0.1, -0.05) is 40.2 Å². The second-order valence-corrected chi connectivity index (χ2v) is 7.25. The first-order chi connectivity index (χ1) is 14.1. The Kier molecular flexibility index (Phi) is 5.27. The number of carbonyl (C=O) groups excluding carboxylic acids is 1. The maximum Gasteiger partial charge on any atom is 0.282 e. The van der Waals surface area contributed by atoms with Crippen LogP contribution in [0.2, 0.25) is 0 Å². The van der Waals surface area contributed by atoms with Crippen molar-refractivity contribution in [2.24, 2.45) is 4.99 Å². The number of aliphatic imine (C=N–C) groups is 1. The van der Waals surface area contributed by atoms with Crippen LogP contribution in [0.5, 0.6) is 5.75 Å². The van der Waals surface area contributed by atoms with Crippen molar-refractivity contribution in [3.63, 3.8) is 0 Å². The molecule has 1 aliphatic rings. The van der Waals surface area contributed by atoms with Crippen LogP contribution in [0.3, 0.4) is 0 Å². The number of hydrogen-bond acceptors (Lipinski definition) is 3. The molecule has 0 atom stereocenters. The van der Waals surface area contributed by atoms with Gasteiger partial charge in [0.1, 0.15) is 17.3 Å². The van der Waals surface area contributed by atoms with E-state index in [1.807, 2.05) is 24.3 Å². The molecule has 0 saturated heterocycles. The molecular weight excluding hydrogens is 435 g/mol. The van der Waals surface area contributed by atoms with Crippen molar-refractivity contribution in [1.82, 2.24) is 0 Å². The zero-order valence-corrected chi connectivity index (χ0v) is 17.1. The maximum absolute atomic E-state index is 14.5. The minimum Gasteiger partial charge on any atom is -0.497 e. The normalized spacial score (nSPS) is 15.0. The van der Waals surface area contributed by atoms with E-state index in [0.29, 0.717) is 11.4 Å². The molecule has 0 fully saturated rings. The monoisotopic (exact) mass is 450 g/mol. The van der Waals surface area contributed by atoms with Crippen LogP contribution in [0, 0.1) is 5.82 Å². The van der Waals surface area contributed by atoms with Crippen LogP contribution in [0.1, 0.15) is 11.1 Å². The molecule has 0 aromatic heterocycles. The summed E-state index contributed by atoms with van der Waals surface area (Å²) in [7, 11) is 1.57. The minimum atomic E-state index is -0.443. The van der Waals surface area contributed by atoms with Crippen LogP contribution in [-0.2, 0) is 4.79 Å². The molecule has 6 heteroatoms. The molecule has 0 unspecified atom stereocenters. The summed E-state index contributed by atoms with van der Waals surface area (Å²) in [6.07, 6.45) is 1.69. The second kappa shape index (κ2) is 8.01. The van der Waals surface area contributed by atoms with Gasteiger partial charge in [0.15, 0.2) is 5.84 Å². The number of anilines is 1. The van der Waals surface area contributed by atoms with E-state index < -0.39 is 5.82 Å². The number of amidine groups is 1. The van der Waals surface area contributed by atoms with E-state index >= 15 is 0 Å². The zero-order chi connectivity index (χ0) is 20.4. The van der Waals surface area contributed by atoms with Crippen LogP contribution in [0.25, 0.3) is 6.08 Å². The predicted octanol–water partition coefficient (Wildman–Crippen LogP) is 5.43. The molecule has 3 aromatic carbocycles. The lowest BCUT2D eigenvalue weighted by Gasteiger charge is -2.19. The smallest absolute Gasteiger partial charge is 0.282 e. The number of ether oxygens (including phenoxy) is 1. The van der Waals surface area contributed by atoms with E-state index in [2.05, 4.69) is 20.9 Å². The van der Waals surface area contributed by atoms with Gasteiger partial charge in [-0.05, 0) is 60.2 Å². The van der Waals surface area contributed by atoms with Gasteiger partial charge in [-0.15, -0.1) is 0 Å². The number of halogens is 2. The third-order valence-electron chi connectivity index (χ3n) is 4.46. The lowest BCUT2D eigenvalue weighted by molar-refractivity contribution is -0.113. The fourth-order valence-electron chi connectivity index (χ4n) is 3.06. The molecule has 4 rings (SSSR count). The van der Waals surface area contributed by atoms with Gasteiger partial charge in [0, 0.05) is 4.47 Å². The average molecular weight is 451 g/mol. The Bertz CT molecular complexity index is 1140. The first kappa shape index (κ1) is 19.1. The number of carbonyl (C=O) groups is 1. The second-order valence-electron chi connectivity index (χ2n) is 6.34. The number of hydrogen-bond donors (Lipinski definition) is 0. The molecule has 4 nitrogen and oxygen atoms in total. The predicted molar refractivity (Wildman–Crippen MR) is 116 cm³/mol. The highest BCUT2D eigenvalue weighted by atomic mass is 79.9. The lowest BCUT2D eigenvalue weighted by atomic mass is 10.1. The van der Waals surface area contributed by atoms with Crippen LogP contribution < -0.4 is 9.64 Å². The molecule has 0 aliphatic carbocycles. The standard InChI is InChI=1S/C23H16BrFN2O2/c1-29-18-11-9-17(10-12-18)27-22(19-7-2-3-8-20(19)25)26-21(23(27)28)14-15-5-4-6-16(24)13-15/h2-14H,1H3/b21-14+. The van der Waals surface area contributed by atoms with Crippen molar-refractivity contribution < 1.29 is 13.9 Å². The van der Waals surface area contributed by atoms with Gasteiger partial charge in [-0.25, -0.2) is 9.38 Å². The van der Waals surface area contributed by atoms with E-state index in [1.54, 1.807) is 55.7 Å². The van der Waals surface area contributed by atoms with Crippen molar-refractivity contribution in [2.45, 2.75) is 0 Å². The van der Waals surface area contributed by atoms with Gasteiger partial charge in [-0.2, -0.15) is 0 Å². The first-order valence-electron chi connectivity index (χ1n) is 8.86. The third-order valence-corrected chi connectivity index (χ3v) is 4.95. The van der Waals surface area contributed by atoms with Crippen molar-refractivity contribution >= 4 is 39.4 Å². The van der Waals surface area contributed by atoms with Crippen LogP contribution in [-0.4, -0.2) is 18.9 Å². The molecular formula is C23H16BrFN2O2. The van der Waals surface area contributed by atoms with Gasteiger partial charge >= 0.3 is 0 Å². The van der Waals surface area contributed by atoms with E-state index in [0.717, 1.165) is 10.0 Å². The summed E-state index contributed by atoms with van der Waals surface area (Å²) in [5.74, 6) is 0.142. The maximum atomic E-state index is 14.5. The molecule has 0 N–H and O–H groups in total. The van der Waals surface area contributed by atoms with E-state index in [4.69, 9.17) is 4.74 Å². The van der Waals surface area contributed by atoms with Crippen LogP contribution in [0.15, 0.2) is 88.0 Å². The fraction of sp³-hybridized carbons (Fsp3) is 0.0435. The Morgan fingerprint density at radius 1 is 1.03 bits per heavy atom. The minimum absolute atomic E-state index is 0.233. The Labute approximate surface area is 176 Å². The number of rotatable bonds is 4. The topological polar surface area (TPSA) is 41.9 Å². The average Bonchev–Trinajstić information content (AvgIpc) is 3.04. The summed E-state index contributed by atoms with van der Waals surface area (Å²) in [4.78, 5) is 19.1. The molecule has 1 amide bonds. The first-order valence-corrected chi connectivity index (χ1v) is 9.65. The summed E-state index contributed by atoms with van der Waals surface area (Å²) < 4.78 is 20.6. The third kappa shape index (κ3) is 3.84. The van der Waals surface area contributed by atoms with Crippen molar-refractivity contribution in [3.8, 4) is 5.75 Å². The summed E-state index contributed by atoms with van der Waals surface area (Å²) in [6.45, 7) is 0. The van der Waals surface area contributed by atoms with E-state index in [1.165, 1.54) is 11.0 Å². The Morgan fingerprint density at radius 2 is 1.79 bits per heavy atom. The largest absolute Gasteiger partial charge is 0.497 e. The number of amides is 1. The number of nitrogens with zero attached hydrogens (tertiary/aromatic N) is 2. The zero-order valence-electron chi connectivity index (χ0n) is 15.5. The van der Waals surface area contributed by atoms with E-state index in [-0.39, 0.29) is 23.0 Å². The fourth-order valence-corrected chi connectivity index (χ4v) is 3.48. The Morgan fingerprint density at radius 3 is 2.48 bits per heavy atom. The molecule has 1 aliphatic heterocycles. The highest BCUT2D eigenvalue weighted by Crippen LogP contribution is 2.30. The van der Waals surface area contributed by atoms with Crippen LogP contribution in [0.4, 0.5) is 10.1 Å². The molecule has 29 heavy (non-hydrogen) atoms. The van der Waals surface area contributed by atoms with Crippen molar-refractivity contribution in [1.29, 1.82) is 0 Å². The molecule has 144 valence electrons. The quantitative estimate of drug-likeness (QED) is 0.497. The highest BCUT2D eigenvalue weighted by Gasteiger charge is 2.33. The highest BCUT2D eigenvalue weighted by molar-refractivity contribution is 9.10. The van der Waals surface area contributed by atoms with Gasteiger partial charge in [0.2, 0.25) is 0 Å². The van der Waals surface area contributed by atoms with Gasteiger partial charge in [0.25, 0.3) is 5.91 Å². The Balaban J connectivity index is 1.83. The van der Waals surface area contributed by atoms with Crippen molar-refractivity contribution in [3.05, 3.63) is 99.9 Å². The summed E-state index contributed by atoms with van der Waals surface area (Å²) in [5.41, 5.74) is 1.89. The van der Waals surface area contributed by atoms with Crippen molar-refractivity contribution in [2.75, 3.05) is 12.0 Å². The van der Waals surface area contributed by atoms with Gasteiger partial charge in [0.05, 0.1) is 18.4 Å². The molecule has 0 bridgehead atoms. The van der Waals surface area contributed by atoms with E-state index in [9.17, 15) is 9.18 Å². The summed E-state index contributed by atoms with van der Waals surface area (Å²) in [6, 6.07) is 20.8. The molecule has 0 radical (unpaired) electrons. The summed E-state index contributed by atoms with van der Waals surface area (Å²) in [5, 5.41) is 0. The molecule has 0 saturated carbocycles. The van der Waals surface area contributed by atoms with Gasteiger partial charge in [-0.3, -0.25) is 9.69 Å². The molecule has 3 aromatic rings. The molecule has 1 heterocycles.